The average Bonchev–Trinajstić information content (AvgIpc) is 2.36. The standard InChI is InChI=1S/C13H19NO2S/c1-4-8-14-13(15)10(2)17-12-7-5-6-11(9-12)16-3/h5-7,9-10H,4,8H2,1-3H3,(H,14,15)/t10-/m0/s1. The molecular weight excluding hydrogens is 234 g/mol. The Morgan fingerprint density at radius 2 is 2.29 bits per heavy atom. The highest BCUT2D eigenvalue weighted by Gasteiger charge is 2.13. The quantitative estimate of drug-likeness (QED) is 0.792. The molecule has 17 heavy (non-hydrogen) atoms. The molecule has 0 radical (unpaired) electrons. The van der Waals surface area contributed by atoms with Crippen molar-refractivity contribution in [3.05, 3.63) is 24.3 Å². The molecule has 94 valence electrons. The minimum absolute atomic E-state index is 0.0830. The zero-order valence-electron chi connectivity index (χ0n) is 10.5. The number of benzene rings is 1. The van der Waals surface area contributed by atoms with Crippen molar-refractivity contribution in [2.45, 2.75) is 30.4 Å². The number of carbonyl (C=O) groups is 1. The summed E-state index contributed by atoms with van der Waals surface area (Å²) in [4.78, 5) is 12.7. The maximum absolute atomic E-state index is 11.7. The lowest BCUT2D eigenvalue weighted by molar-refractivity contribution is -0.120. The number of carbonyl (C=O) groups excluding carboxylic acids is 1. The van der Waals surface area contributed by atoms with Gasteiger partial charge < -0.3 is 10.1 Å². The molecule has 0 unspecified atom stereocenters. The molecule has 0 aliphatic rings. The van der Waals surface area contributed by atoms with Crippen LogP contribution in [-0.4, -0.2) is 24.8 Å². The molecule has 0 aliphatic carbocycles. The third-order valence-corrected chi connectivity index (χ3v) is 3.37. The summed E-state index contributed by atoms with van der Waals surface area (Å²) in [5.41, 5.74) is 0. The van der Waals surface area contributed by atoms with Crippen molar-refractivity contribution in [1.29, 1.82) is 0 Å². The second kappa shape index (κ2) is 7.22. The summed E-state index contributed by atoms with van der Waals surface area (Å²) >= 11 is 1.54. The normalized spacial score (nSPS) is 11.9. The Balaban J connectivity index is 2.54. The Morgan fingerprint density at radius 3 is 2.94 bits per heavy atom. The first-order valence-corrected chi connectivity index (χ1v) is 6.63. The summed E-state index contributed by atoms with van der Waals surface area (Å²) < 4.78 is 5.15. The Labute approximate surface area is 107 Å². The van der Waals surface area contributed by atoms with Gasteiger partial charge in [0.1, 0.15) is 5.75 Å². The van der Waals surface area contributed by atoms with Gasteiger partial charge in [-0.3, -0.25) is 4.79 Å². The van der Waals surface area contributed by atoms with Crippen LogP contribution < -0.4 is 10.1 Å². The van der Waals surface area contributed by atoms with Gasteiger partial charge in [-0.25, -0.2) is 0 Å². The molecular formula is C13H19NO2S. The summed E-state index contributed by atoms with van der Waals surface area (Å²) in [7, 11) is 1.64. The lowest BCUT2D eigenvalue weighted by Gasteiger charge is -2.11. The molecule has 1 rings (SSSR count). The van der Waals surface area contributed by atoms with Crippen molar-refractivity contribution in [3.63, 3.8) is 0 Å². The van der Waals surface area contributed by atoms with Crippen molar-refractivity contribution >= 4 is 17.7 Å². The fourth-order valence-electron chi connectivity index (χ4n) is 1.32. The average molecular weight is 253 g/mol. The highest BCUT2D eigenvalue weighted by molar-refractivity contribution is 8.00. The summed E-state index contributed by atoms with van der Waals surface area (Å²) in [5, 5.41) is 2.80. The van der Waals surface area contributed by atoms with Crippen molar-refractivity contribution in [2.75, 3.05) is 13.7 Å². The fraction of sp³-hybridized carbons (Fsp3) is 0.462. The number of rotatable bonds is 6. The van der Waals surface area contributed by atoms with Crippen LogP contribution in [0.4, 0.5) is 0 Å². The zero-order chi connectivity index (χ0) is 12.7. The summed E-state index contributed by atoms with van der Waals surface area (Å²) in [6.45, 7) is 4.69. The van der Waals surface area contributed by atoms with Gasteiger partial charge >= 0.3 is 0 Å². The van der Waals surface area contributed by atoms with Crippen molar-refractivity contribution in [1.82, 2.24) is 5.32 Å². The molecule has 3 nitrogen and oxygen atoms in total. The van der Waals surface area contributed by atoms with Crippen LogP contribution in [0.2, 0.25) is 0 Å². The topological polar surface area (TPSA) is 38.3 Å². The van der Waals surface area contributed by atoms with E-state index in [2.05, 4.69) is 5.32 Å². The number of hydrogen-bond donors (Lipinski definition) is 1. The zero-order valence-corrected chi connectivity index (χ0v) is 11.3. The summed E-state index contributed by atoms with van der Waals surface area (Å²) in [6.07, 6.45) is 0.961. The van der Waals surface area contributed by atoms with Gasteiger partial charge in [-0.2, -0.15) is 0 Å². The Kier molecular flexibility index (Phi) is 5.91. The molecule has 4 heteroatoms. The molecule has 0 saturated carbocycles. The van der Waals surface area contributed by atoms with E-state index in [0.29, 0.717) is 0 Å². The molecule has 0 aromatic heterocycles. The van der Waals surface area contributed by atoms with Crippen LogP contribution in [0.15, 0.2) is 29.2 Å². The molecule has 1 aromatic rings. The Hall–Kier alpha value is -1.16. The molecule has 0 fully saturated rings. The largest absolute Gasteiger partial charge is 0.497 e. The lowest BCUT2D eigenvalue weighted by atomic mass is 10.3. The number of amides is 1. The van der Waals surface area contributed by atoms with Gasteiger partial charge in [0.15, 0.2) is 0 Å². The van der Waals surface area contributed by atoms with E-state index in [0.717, 1.165) is 23.6 Å². The maximum atomic E-state index is 11.7. The van der Waals surface area contributed by atoms with Crippen LogP contribution in [0.25, 0.3) is 0 Å². The monoisotopic (exact) mass is 253 g/mol. The summed E-state index contributed by atoms with van der Waals surface area (Å²) in [6, 6.07) is 7.74. The van der Waals surface area contributed by atoms with E-state index >= 15 is 0 Å². The number of thioether (sulfide) groups is 1. The highest BCUT2D eigenvalue weighted by Crippen LogP contribution is 2.26. The van der Waals surface area contributed by atoms with Gasteiger partial charge in [0, 0.05) is 11.4 Å². The molecule has 1 amide bonds. The number of methoxy groups -OCH3 is 1. The molecule has 1 aromatic carbocycles. The lowest BCUT2D eigenvalue weighted by Crippen LogP contribution is -2.31. The minimum atomic E-state index is -0.0892. The molecule has 0 spiro atoms. The molecule has 1 atom stereocenters. The fourth-order valence-corrected chi connectivity index (χ4v) is 2.26. The first-order chi connectivity index (χ1) is 8.17. The predicted molar refractivity (Wildman–Crippen MR) is 71.6 cm³/mol. The van der Waals surface area contributed by atoms with Gasteiger partial charge in [-0.05, 0) is 31.5 Å². The SMILES string of the molecule is CCCNC(=O)[C@H](C)Sc1cccc(OC)c1. The number of nitrogens with one attached hydrogen (secondary N) is 1. The molecule has 0 bridgehead atoms. The van der Waals surface area contributed by atoms with Gasteiger partial charge in [-0.1, -0.05) is 13.0 Å². The Bertz CT molecular complexity index is 368. The van der Waals surface area contributed by atoms with Gasteiger partial charge in [0.2, 0.25) is 5.91 Å². The van der Waals surface area contributed by atoms with E-state index in [1.807, 2.05) is 38.1 Å². The number of hydrogen-bond acceptors (Lipinski definition) is 3. The van der Waals surface area contributed by atoms with Crippen LogP contribution in [0.1, 0.15) is 20.3 Å². The van der Waals surface area contributed by atoms with E-state index in [1.54, 1.807) is 7.11 Å². The predicted octanol–water partition coefficient (Wildman–Crippen LogP) is 2.70. The first kappa shape index (κ1) is 13.9. The molecule has 0 aliphatic heterocycles. The van der Waals surface area contributed by atoms with E-state index in [9.17, 15) is 4.79 Å². The highest BCUT2D eigenvalue weighted by atomic mass is 32.2. The third kappa shape index (κ3) is 4.69. The van der Waals surface area contributed by atoms with Crippen LogP contribution >= 0.6 is 11.8 Å². The van der Waals surface area contributed by atoms with Crippen molar-refractivity contribution in [2.24, 2.45) is 0 Å². The smallest absolute Gasteiger partial charge is 0.233 e. The number of ether oxygens (including phenoxy) is 1. The van der Waals surface area contributed by atoms with Gasteiger partial charge in [0.05, 0.1) is 12.4 Å². The Morgan fingerprint density at radius 1 is 1.53 bits per heavy atom. The second-order valence-electron chi connectivity index (χ2n) is 3.73. The molecule has 0 heterocycles. The van der Waals surface area contributed by atoms with E-state index < -0.39 is 0 Å². The minimum Gasteiger partial charge on any atom is -0.497 e. The van der Waals surface area contributed by atoms with Crippen molar-refractivity contribution < 1.29 is 9.53 Å². The van der Waals surface area contributed by atoms with E-state index in [-0.39, 0.29) is 11.2 Å². The molecule has 0 saturated heterocycles. The van der Waals surface area contributed by atoms with Crippen LogP contribution in [0, 0.1) is 0 Å². The van der Waals surface area contributed by atoms with Gasteiger partial charge in [0.25, 0.3) is 0 Å². The van der Waals surface area contributed by atoms with Crippen LogP contribution in [-0.2, 0) is 4.79 Å². The first-order valence-electron chi connectivity index (χ1n) is 5.75. The van der Waals surface area contributed by atoms with Gasteiger partial charge in [-0.15, -0.1) is 11.8 Å². The van der Waals surface area contributed by atoms with Crippen LogP contribution in [0.5, 0.6) is 5.75 Å². The maximum Gasteiger partial charge on any atom is 0.233 e. The third-order valence-electron chi connectivity index (χ3n) is 2.27. The van der Waals surface area contributed by atoms with Crippen LogP contribution in [0.3, 0.4) is 0 Å². The summed E-state index contributed by atoms with van der Waals surface area (Å²) in [5.74, 6) is 0.899. The van der Waals surface area contributed by atoms with E-state index in [1.165, 1.54) is 11.8 Å². The molecule has 1 N–H and O–H groups in total. The second-order valence-corrected chi connectivity index (χ2v) is 5.14. The van der Waals surface area contributed by atoms with Crippen molar-refractivity contribution in [3.8, 4) is 5.75 Å². The van der Waals surface area contributed by atoms with E-state index in [4.69, 9.17) is 4.74 Å².